The highest BCUT2D eigenvalue weighted by atomic mass is 16.7. The minimum atomic E-state index is -0.415. The number of hydrogen-bond donors (Lipinski definition) is 0. The molecule has 4 unspecified atom stereocenters. The van der Waals surface area contributed by atoms with Crippen LogP contribution in [0.5, 0.6) is 0 Å². The van der Waals surface area contributed by atoms with Crippen molar-refractivity contribution in [2.75, 3.05) is 19.8 Å². The molecule has 2 saturated heterocycles. The van der Waals surface area contributed by atoms with Gasteiger partial charge in [0.05, 0.1) is 24.9 Å². The van der Waals surface area contributed by atoms with Crippen molar-refractivity contribution in [3.63, 3.8) is 0 Å². The number of carbonyl (C=O) groups excluding carboxylic acids is 1. The van der Waals surface area contributed by atoms with Gasteiger partial charge in [0.15, 0.2) is 6.29 Å². The summed E-state index contributed by atoms with van der Waals surface area (Å²) in [5, 5.41) is 3.95. The normalized spacial score (nSPS) is 42.2. The topological polar surface area (TPSA) is 103 Å². The first kappa shape index (κ1) is 22.0. The van der Waals surface area contributed by atoms with Gasteiger partial charge in [-0.15, -0.1) is 0 Å². The van der Waals surface area contributed by atoms with Gasteiger partial charge in [-0.1, -0.05) is 39.7 Å². The van der Waals surface area contributed by atoms with E-state index in [2.05, 4.69) is 44.6 Å². The third kappa shape index (κ3) is 5.35. The quantitative estimate of drug-likeness (QED) is 0.302. The average Bonchev–Trinajstić information content (AvgIpc) is 2.63. The summed E-state index contributed by atoms with van der Waals surface area (Å²) in [5.74, 6) is 1.03. The number of rotatable bonds is 6. The molecule has 0 saturated carbocycles. The maximum Gasteiger partial charge on any atom is 0.302 e. The van der Waals surface area contributed by atoms with E-state index < -0.39 is 6.29 Å². The molecule has 8 nitrogen and oxygen atoms in total. The van der Waals surface area contributed by atoms with Crippen LogP contribution >= 0.6 is 0 Å². The molecule has 27 heavy (non-hydrogen) atoms. The molecule has 8 heteroatoms. The Labute approximate surface area is 161 Å². The fraction of sp³-hybridized carbons (Fsp3) is 0.947. The second-order valence-electron chi connectivity index (χ2n) is 8.16. The van der Waals surface area contributed by atoms with Crippen LogP contribution in [-0.4, -0.2) is 50.3 Å². The first-order valence-corrected chi connectivity index (χ1v) is 9.82. The van der Waals surface area contributed by atoms with E-state index in [-0.39, 0.29) is 48.6 Å². The number of azide groups is 1. The highest BCUT2D eigenvalue weighted by molar-refractivity contribution is 5.65. The second kappa shape index (κ2) is 9.73. The van der Waals surface area contributed by atoms with Gasteiger partial charge < -0.3 is 18.9 Å². The van der Waals surface area contributed by atoms with Crippen molar-refractivity contribution < 1.29 is 23.7 Å². The fourth-order valence-electron chi connectivity index (χ4n) is 3.84. The van der Waals surface area contributed by atoms with E-state index >= 15 is 0 Å². The summed E-state index contributed by atoms with van der Waals surface area (Å²) in [5.41, 5.74) is 8.90. The highest BCUT2D eigenvalue weighted by Crippen LogP contribution is 2.36. The molecule has 0 bridgehead atoms. The Morgan fingerprint density at radius 3 is 2.41 bits per heavy atom. The van der Waals surface area contributed by atoms with Crippen LogP contribution in [0.3, 0.4) is 0 Å². The summed E-state index contributed by atoms with van der Waals surface area (Å²) >= 11 is 0. The largest absolute Gasteiger partial charge is 0.463 e. The van der Waals surface area contributed by atoms with E-state index in [1.165, 1.54) is 6.92 Å². The molecular formula is C19H33N3O5. The van der Waals surface area contributed by atoms with Crippen LogP contribution in [0.1, 0.15) is 41.5 Å². The van der Waals surface area contributed by atoms with Gasteiger partial charge >= 0.3 is 5.97 Å². The molecule has 0 radical (unpaired) electrons. The lowest BCUT2D eigenvalue weighted by molar-refractivity contribution is -0.265. The second-order valence-corrected chi connectivity index (χ2v) is 8.16. The van der Waals surface area contributed by atoms with Gasteiger partial charge in [0.2, 0.25) is 0 Å². The summed E-state index contributed by atoms with van der Waals surface area (Å²) in [6.07, 6.45) is -0.907. The monoisotopic (exact) mass is 383 g/mol. The minimum absolute atomic E-state index is 0.187. The lowest BCUT2D eigenvalue weighted by atomic mass is 9.79. The van der Waals surface area contributed by atoms with Gasteiger partial charge in [-0.3, -0.25) is 4.79 Å². The summed E-state index contributed by atoms with van der Waals surface area (Å²) in [6.45, 7) is 13.1. The van der Waals surface area contributed by atoms with Crippen molar-refractivity contribution in [1.82, 2.24) is 0 Å². The Kier molecular flexibility index (Phi) is 7.91. The van der Waals surface area contributed by atoms with Gasteiger partial charge in [0, 0.05) is 24.4 Å². The van der Waals surface area contributed by atoms with Crippen molar-refractivity contribution >= 4 is 5.97 Å². The zero-order chi connectivity index (χ0) is 20.1. The van der Waals surface area contributed by atoms with Crippen LogP contribution in [0.4, 0.5) is 0 Å². The Balaban J connectivity index is 1.99. The van der Waals surface area contributed by atoms with E-state index in [0.29, 0.717) is 25.0 Å². The number of hydrogen-bond acceptors (Lipinski definition) is 6. The average molecular weight is 383 g/mol. The van der Waals surface area contributed by atoms with Crippen LogP contribution in [0.15, 0.2) is 5.11 Å². The van der Waals surface area contributed by atoms with Crippen LogP contribution < -0.4 is 0 Å². The molecule has 0 amide bonds. The Morgan fingerprint density at radius 1 is 1.07 bits per heavy atom. The lowest BCUT2D eigenvalue weighted by Gasteiger charge is -2.44. The Bertz CT molecular complexity index is 553. The SMILES string of the molecule is CC(=O)OCC1O[C@@H](OCC2OCC(C)[C@@H](C)[C@H]2N=[N+]=[N-])C(C)[C@@H](C)[C@H]1C. The zero-order valence-electron chi connectivity index (χ0n) is 17.2. The predicted molar refractivity (Wildman–Crippen MR) is 99.7 cm³/mol. The first-order chi connectivity index (χ1) is 12.8. The molecule has 2 aliphatic heterocycles. The van der Waals surface area contributed by atoms with E-state index in [4.69, 9.17) is 24.5 Å². The van der Waals surface area contributed by atoms with Gasteiger partial charge in [0.25, 0.3) is 0 Å². The fourth-order valence-corrected chi connectivity index (χ4v) is 3.84. The van der Waals surface area contributed by atoms with Gasteiger partial charge in [-0.05, 0) is 29.2 Å². The molecule has 0 aliphatic carbocycles. The summed E-state index contributed by atoms with van der Waals surface area (Å²) in [6, 6.07) is -0.258. The van der Waals surface area contributed by atoms with Gasteiger partial charge in [-0.2, -0.15) is 0 Å². The molecule has 0 aromatic carbocycles. The number of nitrogens with zero attached hydrogens (tertiary/aromatic N) is 3. The van der Waals surface area contributed by atoms with Crippen molar-refractivity contribution in [3.8, 4) is 0 Å². The highest BCUT2D eigenvalue weighted by Gasteiger charge is 2.41. The molecule has 154 valence electrons. The Hall–Kier alpha value is -1.34. The lowest BCUT2D eigenvalue weighted by Crippen LogP contribution is -2.50. The minimum Gasteiger partial charge on any atom is -0.463 e. The molecule has 9 atom stereocenters. The third-order valence-electron chi connectivity index (χ3n) is 6.43. The van der Waals surface area contributed by atoms with E-state index in [1.54, 1.807) is 0 Å². The molecule has 0 N–H and O–H groups in total. The number of carbonyl (C=O) groups is 1. The van der Waals surface area contributed by atoms with E-state index in [0.717, 1.165) is 0 Å². The standard InChI is InChI=1S/C19H33N3O5/c1-10-7-25-17(18(11(10)2)21-22-20)9-26-19-14(5)12(3)13(4)16(27-19)8-24-15(6)23/h10-14,16-19H,7-9H2,1-6H3/t10?,11-,12+,13-,14?,16?,17?,18-,19-/m1/s1. The smallest absolute Gasteiger partial charge is 0.302 e. The van der Waals surface area contributed by atoms with Gasteiger partial charge in [0.1, 0.15) is 6.61 Å². The van der Waals surface area contributed by atoms with Crippen molar-refractivity contribution in [2.24, 2.45) is 34.7 Å². The predicted octanol–water partition coefficient (Wildman–Crippen LogP) is 3.55. The molecule has 2 aliphatic rings. The van der Waals surface area contributed by atoms with Crippen molar-refractivity contribution in [2.45, 2.75) is 66.1 Å². The zero-order valence-corrected chi connectivity index (χ0v) is 17.2. The van der Waals surface area contributed by atoms with E-state index in [1.807, 2.05) is 0 Å². The first-order valence-electron chi connectivity index (χ1n) is 9.82. The molecule has 2 rings (SSSR count). The molecule has 0 aromatic heterocycles. The molecule has 2 fully saturated rings. The van der Waals surface area contributed by atoms with E-state index in [9.17, 15) is 4.79 Å². The van der Waals surface area contributed by atoms with Crippen LogP contribution in [0, 0.1) is 29.6 Å². The summed E-state index contributed by atoms with van der Waals surface area (Å²) in [4.78, 5) is 14.1. The molecule has 2 heterocycles. The van der Waals surface area contributed by atoms with Crippen LogP contribution in [-0.2, 0) is 23.7 Å². The Morgan fingerprint density at radius 2 is 1.78 bits per heavy atom. The van der Waals surface area contributed by atoms with Crippen molar-refractivity contribution in [3.05, 3.63) is 10.4 Å². The number of ether oxygens (including phenoxy) is 4. The molecule has 0 aromatic rings. The number of esters is 1. The summed E-state index contributed by atoms with van der Waals surface area (Å²) in [7, 11) is 0. The summed E-state index contributed by atoms with van der Waals surface area (Å²) < 4.78 is 23.2. The maximum absolute atomic E-state index is 11.1. The maximum atomic E-state index is 11.1. The third-order valence-corrected chi connectivity index (χ3v) is 6.43. The molecular weight excluding hydrogens is 350 g/mol. The van der Waals surface area contributed by atoms with Crippen LogP contribution in [0.25, 0.3) is 10.4 Å². The van der Waals surface area contributed by atoms with Gasteiger partial charge in [-0.25, -0.2) is 0 Å². The molecule has 0 spiro atoms. The van der Waals surface area contributed by atoms with Crippen molar-refractivity contribution in [1.29, 1.82) is 0 Å². The van der Waals surface area contributed by atoms with Crippen LogP contribution in [0.2, 0.25) is 0 Å².